The number of hydrogen-bond acceptors (Lipinski definition) is 2. The third-order valence-corrected chi connectivity index (χ3v) is 11.5. The largest absolute Gasteiger partial charge is 0.443 e. The van der Waals surface area contributed by atoms with E-state index >= 15 is 0 Å². The standard InChI is InChI=1S/C50H32N4O/c1-4-16-33(17-5-1)50(34-18-6-2-7-19-34)41-30-36(28-29-45(41)54-46-27-15-12-24-42(46)51-49(54)55-50)53-44-26-14-11-23-38(44)40-31-39-37-22-10-13-25-43(37)52(47(39)32-48(40)53)35-20-8-3-9-21-35/h1-32H. The molecule has 0 saturated carbocycles. The van der Waals surface area contributed by atoms with E-state index in [0.29, 0.717) is 6.01 Å². The van der Waals surface area contributed by atoms with Crippen molar-refractivity contribution in [2.24, 2.45) is 0 Å². The van der Waals surface area contributed by atoms with Crippen LogP contribution in [0.15, 0.2) is 194 Å². The Hall–Kier alpha value is -7.37. The fraction of sp³-hybridized carbons (Fsp3) is 0.0200. The predicted molar refractivity (Wildman–Crippen MR) is 223 cm³/mol. The van der Waals surface area contributed by atoms with Crippen LogP contribution < -0.4 is 4.74 Å². The maximum absolute atomic E-state index is 7.35. The minimum Gasteiger partial charge on any atom is -0.443 e. The third-order valence-electron chi connectivity index (χ3n) is 11.5. The van der Waals surface area contributed by atoms with Crippen molar-refractivity contribution >= 4 is 54.6 Å². The Morgan fingerprint density at radius 3 is 1.55 bits per heavy atom. The second-order valence-electron chi connectivity index (χ2n) is 14.4. The topological polar surface area (TPSA) is 36.9 Å². The average Bonchev–Trinajstić information content (AvgIpc) is 3.90. The van der Waals surface area contributed by atoms with Gasteiger partial charge in [-0.1, -0.05) is 127 Å². The Labute approximate surface area is 316 Å². The zero-order valence-electron chi connectivity index (χ0n) is 29.7. The SMILES string of the molecule is c1ccc(-n2c3ccccc3c3cc4c5ccccc5n(-c5ccc6c(c5)C(c5ccccc5)(c5ccccc5)Oc5nc7ccccc7n5-6)c4cc32)cc1. The lowest BCUT2D eigenvalue weighted by Crippen LogP contribution is -2.40. The first kappa shape index (κ1) is 30.1. The van der Waals surface area contributed by atoms with Gasteiger partial charge in [0.2, 0.25) is 0 Å². The lowest BCUT2D eigenvalue weighted by atomic mass is 9.78. The molecule has 12 rings (SSSR count). The molecule has 3 aromatic heterocycles. The molecule has 1 aliphatic heterocycles. The molecular formula is C50H32N4O. The molecule has 0 unspecified atom stereocenters. The number of fused-ring (bicyclic) bond motifs is 11. The van der Waals surface area contributed by atoms with Gasteiger partial charge in [-0.25, -0.2) is 0 Å². The van der Waals surface area contributed by atoms with Gasteiger partial charge in [-0.3, -0.25) is 4.57 Å². The van der Waals surface area contributed by atoms with Crippen LogP contribution in [0, 0.1) is 0 Å². The van der Waals surface area contributed by atoms with Gasteiger partial charge in [0.1, 0.15) is 0 Å². The van der Waals surface area contributed by atoms with Crippen LogP contribution >= 0.6 is 0 Å². The monoisotopic (exact) mass is 704 g/mol. The molecule has 0 atom stereocenters. The molecule has 11 aromatic rings. The highest BCUT2D eigenvalue weighted by molar-refractivity contribution is 6.19. The van der Waals surface area contributed by atoms with Gasteiger partial charge in [0, 0.05) is 49.6 Å². The van der Waals surface area contributed by atoms with E-state index in [1.54, 1.807) is 0 Å². The highest BCUT2D eigenvalue weighted by atomic mass is 16.5. The van der Waals surface area contributed by atoms with Crippen molar-refractivity contribution in [2.75, 3.05) is 0 Å². The van der Waals surface area contributed by atoms with Gasteiger partial charge in [0.15, 0.2) is 5.60 Å². The Balaban J connectivity index is 1.21. The van der Waals surface area contributed by atoms with Gasteiger partial charge < -0.3 is 13.9 Å². The van der Waals surface area contributed by atoms with Gasteiger partial charge in [-0.05, 0) is 66.7 Å². The molecule has 0 aliphatic carbocycles. The van der Waals surface area contributed by atoms with Gasteiger partial charge >= 0.3 is 6.01 Å². The molecule has 5 heteroatoms. The van der Waals surface area contributed by atoms with Crippen molar-refractivity contribution in [3.63, 3.8) is 0 Å². The van der Waals surface area contributed by atoms with Crippen LogP contribution in [-0.2, 0) is 5.60 Å². The van der Waals surface area contributed by atoms with Crippen molar-refractivity contribution in [3.8, 4) is 23.1 Å². The van der Waals surface area contributed by atoms with Crippen molar-refractivity contribution in [2.45, 2.75) is 5.60 Å². The van der Waals surface area contributed by atoms with Crippen LogP contribution in [0.2, 0.25) is 0 Å². The molecule has 0 bridgehead atoms. The molecular weight excluding hydrogens is 673 g/mol. The Morgan fingerprint density at radius 1 is 0.382 bits per heavy atom. The fourth-order valence-corrected chi connectivity index (χ4v) is 9.14. The van der Waals surface area contributed by atoms with Crippen molar-refractivity contribution in [3.05, 3.63) is 211 Å². The molecule has 8 aromatic carbocycles. The van der Waals surface area contributed by atoms with Gasteiger partial charge in [0.25, 0.3) is 0 Å². The maximum atomic E-state index is 7.35. The predicted octanol–water partition coefficient (Wildman–Crippen LogP) is 11.9. The van der Waals surface area contributed by atoms with E-state index < -0.39 is 5.60 Å². The Kier molecular flexibility index (Phi) is 6.20. The number of aromatic nitrogens is 4. The van der Waals surface area contributed by atoms with E-state index in [-0.39, 0.29) is 0 Å². The van der Waals surface area contributed by atoms with Crippen LogP contribution in [0.1, 0.15) is 16.7 Å². The smallest absolute Gasteiger partial charge is 0.303 e. The third kappa shape index (κ3) is 4.15. The summed E-state index contributed by atoms with van der Waals surface area (Å²) in [6, 6.07) is 69.8. The normalized spacial score (nSPS) is 13.4. The van der Waals surface area contributed by atoms with E-state index in [0.717, 1.165) is 55.8 Å². The summed E-state index contributed by atoms with van der Waals surface area (Å²) in [5.74, 6) is 0. The number of benzene rings is 8. The number of imidazole rings is 1. The van der Waals surface area contributed by atoms with E-state index in [4.69, 9.17) is 9.72 Å². The minimum absolute atomic E-state index is 0.571. The summed E-state index contributed by atoms with van der Waals surface area (Å²) in [6.45, 7) is 0. The molecule has 0 saturated heterocycles. The van der Waals surface area contributed by atoms with E-state index in [2.05, 4.69) is 202 Å². The van der Waals surface area contributed by atoms with Gasteiger partial charge in [-0.2, -0.15) is 4.98 Å². The van der Waals surface area contributed by atoms with E-state index in [1.807, 2.05) is 6.07 Å². The lowest BCUT2D eigenvalue weighted by Gasteiger charge is -2.40. The number of ether oxygens (including phenoxy) is 1. The quantitative estimate of drug-likeness (QED) is 0.183. The fourth-order valence-electron chi connectivity index (χ4n) is 9.14. The number of para-hydroxylation sites is 5. The summed E-state index contributed by atoms with van der Waals surface area (Å²) in [5, 5.41) is 4.91. The molecule has 0 N–H and O–H groups in total. The van der Waals surface area contributed by atoms with Crippen LogP contribution in [-0.4, -0.2) is 18.7 Å². The maximum Gasteiger partial charge on any atom is 0.303 e. The number of hydrogen-bond donors (Lipinski definition) is 0. The molecule has 0 amide bonds. The zero-order valence-corrected chi connectivity index (χ0v) is 29.7. The van der Waals surface area contributed by atoms with Crippen LogP contribution in [0.5, 0.6) is 6.01 Å². The lowest BCUT2D eigenvalue weighted by molar-refractivity contribution is 0.128. The summed E-state index contributed by atoms with van der Waals surface area (Å²) in [6.07, 6.45) is 0. The zero-order chi connectivity index (χ0) is 36.1. The highest BCUT2D eigenvalue weighted by Gasteiger charge is 2.46. The summed E-state index contributed by atoms with van der Waals surface area (Å²) >= 11 is 0. The van der Waals surface area contributed by atoms with Crippen LogP contribution in [0.25, 0.3) is 71.7 Å². The molecule has 0 spiro atoms. The van der Waals surface area contributed by atoms with Gasteiger partial charge in [0.05, 0.1) is 38.8 Å². The van der Waals surface area contributed by atoms with Gasteiger partial charge in [-0.15, -0.1) is 0 Å². The first-order chi connectivity index (χ1) is 27.3. The molecule has 0 fully saturated rings. The second kappa shape index (κ2) is 11.3. The molecule has 258 valence electrons. The molecule has 4 heterocycles. The van der Waals surface area contributed by atoms with Crippen molar-refractivity contribution in [1.82, 2.24) is 18.7 Å². The first-order valence-electron chi connectivity index (χ1n) is 18.7. The van der Waals surface area contributed by atoms with Crippen LogP contribution in [0.3, 0.4) is 0 Å². The highest BCUT2D eigenvalue weighted by Crippen LogP contribution is 2.50. The number of rotatable bonds is 4. The molecule has 5 nitrogen and oxygen atoms in total. The second-order valence-corrected chi connectivity index (χ2v) is 14.4. The summed E-state index contributed by atoms with van der Waals surface area (Å²) < 4.78 is 14.3. The average molecular weight is 705 g/mol. The number of nitrogens with zero attached hydrogens (tertiary/aromatic N) is 4. The van der Waals surface area contributed by atoms with E-state index in [9.17, 15) is 0 Å². The molecule has 1 aliphatic rings. The first-order valence-corrected chi connectivity index (χ1v) is 18.7. The Morgan fingerprint density at radius 2 is 0.909 bits per heavy atom. The molecule has 55 heavy (non-hydrogen) atoms. The minimum atomic E-state index is -0.975. The van der Waals surface area contributed by atoms with E-state index in [1.165, 1.54) is 32.6 Å². The Bertz CT molecular complexity index is 3240. The summed E-state index contributed by atoms with van der Waals surface area (Å²) in [4.78, 5) is 5.07. The van der Waals surface area contributed by atoms with Crippen molar-refractivity contribution in [1.29, 1.82) is 0 Å². The van der Waals surface area contributed by atoms with Crippen molar-refractivity contribution < 1.29 is 4.74 Å². The van der Waals surface area contributed by atoms with Crippen LogP contribution in [0.4, 0.5) is 0 Å². The summed E-state index contributed by atoms with van der Waals surface area (Å²) in [7, 11) is 0. The summed E-state index contributed by atoms with van der Waals surface area (Å²) in [5.41, 5.74) is 11.9. The molecule has 0 radical (unpaired) electrons.